The fraction of sp³-hybridized carbons (Fsp3) is 0.294. The number of nitrogens with zero attached hydrogens (tertiary/aromatic N) is 4. The molecule has 4 heterocycles. The maximum atomic E-state index is 12.9. The highest BCUT2D eigenvalue weighted by atomic mass is 16.4. The third kappa shape index (κ3) is 11.4. The number of piperazine rings is 2. The predicted octanol–water partition coefficient (Wildman–Crippen LogP) is 7.73. The molecule has 15 nitrogen and oxygen atoms in total. The number of para-hydroxylation sites is 2. The second-order valence-electron chi connectivity index (χ2n) is 16.4. The van der Waals surface area contributed by atoms with Crippen molar-refractivity contribution in [2.24, 2.45) is 5.73 Å². The van der Waals surface area contributed by atoms with E-state index in [1.54, 1.807) is 62.4 Å². The van der Waals surface area contributed by atoms with Crippen molar-refractivity contribution in [3.05, 3.63) is 154 Å². The molecule has 2 saturated heterocycles. The minimum atomic E-state index is -1.04. The maximum absolute atomic E-state index is 12.9. The first-order valence-corrected chi connectivity index (χ1v) is 22.2. The Morgan fingerprint density at radius 3 is 1.33 bits per heavy atom. The van der Waals surface area contributed by atoms with Gasteiger partial charge in [-0.2, -0.15) is 0 Å². The molecule has 0 saturated carbocycles. The van der Waals surface area contributed by atoms with Crippen LogP contribution >= 0.6 is 0 Å². The number of amides is 3. The van der Waals surface area contributed by atoms with Crippen LogP contribution in [-0.4, -0.2) is 94.2 Å². The zero-order valence-corrected chi connectivity index (χ0v) is 37.9. The van der Waals surface area contributed by atoms with Crippen LogP contribution in [0.3, 0.4) is 0 Å². The smallest absolute Gasteiger partial charge is 0.335 e. The van der Waals surface area contributed by atoms with Gasteiger partial charge in [-0.05, 0) is 125 Å². The minimum absolute atomic E-state index is 0.119. The van der Waals surface area contributed by atoms with E-state index in [1.807, 2.05) is 18.2 Å². The second-order valence-corrected chi connectivity index (χ2v) is 16.4. The van der Waals surface area contributed by atoms with Crippen molar-refractivity contribution in [1.29, 1.82) is 0 Å². The van der Waals surface area contributed by atoms with Crippen LogP contribution in [0.5, 0.6) is 0 Å². The predicted molar refractivity (Wildman–Crippen MR) is 260 cm³/mol. The summed E-state index contributed by atoms with van der Waals surface area (Å²) in [6.45, 7) is 15.3. The second kappa shape index (κ2) is 21.4. The number of anilines is 6. The number of furan rings is 2. The molecule has 344 valence electrons. The Bertz CT molecular complexity index is 2660. The molecule has 2 aliphatic rings. The summed E-state index contributed by atoms with van der Waals surface area (Å²) in [7, 11) is 0. The van der Waals surface area contributed by atoms with Crippen molar-refractivity contribution in [2.45, 2.75) is 34.1 Å². The van der Waals surface area contributed by atoms with E-state index in [1.165, 1.54) is 28.6 Å². The van der Waals surface area contributed by atoms with Gasteiger partial charge in [-0.25, -0.2) is 4.79 Å². The molecule has 0 radical (unpaired) electrons. The minimum Gasteiger partial charge on any atom is -0.478 e. The lowest BCUT2D eigenvalue weighted by atomic mass is 10.1. The highest BCUT2D eigenvalue weighted by Crippen LogP contribution is 2.32. The molecular weight excluding hydrogens is 837 g/mol. The first kappa shape index (κ1) is 46.5. The zero-order chi connectivity index (χ0) is 46.7. The molecule has 2 aliphatic heterocycles. The lowest BCUT2D eigenvalue weighted by molar-refractivity contribution is 0.0696. The van der Waals surface area contributed by atoms with Crippen LogP contribution in [-0.2, 0) is 0 Å². The van der Waals surface area contributed by atoms with Crippen LogP contribution in [0.2, 0.25) is 0 Å². The van der Waals surface area contributed by atoms with Crippen LogP contribution in [0.1, 0.15) is 70.9 Å². The molecule has 4 aromatic carbocycles. The van der Waals surface area contributed by atoms with Crippen LogP contribution in [0, 0.1) is 27.7 Å². The number of carboxylic acid groups (broad SMARTS) is 1. The molecule has 0 spiro atoms. The number of aryl methyl sites for hydroxylation is 4. The normalized spacial score (nSPS) is 13.7. The SMILES string of the molecule is Cc1ccc(C(=O)Nc2cc(C(=O)NCCCN)ccc2N2CCN(c3ccccc3C)CC2)o1.Cc1ccc(C(=O)Nc2cc(C(=O)O)ccc2N2CCN(c3ccccc3C)CC2)o1. The molecular formula is C51H58N8O7. The maximum Gasteiger partial charge on any atom is 0.335 e. The number of nitrogens with two attached hydrogens (primary N) is 1. The average molecular weight is 895 g/mol. The lowest BCUT2D eigenvalue weighted by Crippen LogP contribution is -2.47. The van der Waals surface area contributed by atoms with Gasteiger partial charge in [0, 0.05) is 75.8 Å². The number of hydrogen-bond acceptors (Lipinski definition) is 11. The largest absolute Gasteiger partial charge is 0.478 e. The fourth-order valence-corrected chi connectivity index (χ4v) is 8.20. The van der Waals surface area contributed by atoms with Gasteiger partial charge in [0.2, 0.25) is 0 Å². The van der Waals surface area contributed by atoms with Gasteiger partial charge in [-0.15, -0.1) is 0 Å². The summed E-state index contributed by atoms with van der Waals surface area (Å²) < 4.78 is 10.9. The van der Waals surface area contributed by atoms with Crippen molar-refractivity contribution >= 4 is 57.8 Å². The molecule has 6 N–H and O–H groups in total. The average Bonchev–Trinajstić information content (AvgIpc) is 3.98. The number of aromatic carboxylic acids is 1. The van der Waals surface area contributed by atoms with Crippen molar-refractivity contribution in [2.75, 3.05) is 95.7 Å². The van der Waals surface area contributed by atoms with Gasteiger partial charge < -0.3 is 55.2 Å². The Balaban J connectivity index is 0.000000198. The Morgan fingerprint density at radius 2 is 0.939 bits per heavy atom. The van der Waals surface area contributed by atoms with E-state index in [0.29, 0.717) is 48.0 Å². The summed E-state index contributed by atoms with van der Waals surface area (Å²) in [5.41, 5.74) is 13.8. The van der Waals surface area contributed by atoms with E-state index < -0.39 is 11.9 Å². The van der Waals surface area contributed by atoms with E-state index in [0.717, 1.165) is 63.7 Å². The monoisotopic (exact) mass is 894 g/mol. The number of carbonyl (C=O) groups is 4. The van der Waals surface area contributed by atoms with Gasteiger partial charge in [0.05, 0.1) is 28.3 Å². The molecule has 66 heavy (non-hydrogen) atoms. The van der Waals surface area contributed by atoms with E-state index >= 15 is 0 Å². The van der Waals surface area contributed by atoms with Gasteiger partial charge in [0.15, 0.2) is 11.5 Å². The van der Waals surface area contributed by atoms with Gasteiger partial charge in [0.25, 0.3) is 17.7 Å². The molecule has 6 aromatic rings. The molecule has 0 aliphatic carbocycles. The highest BCUT2D eigenvalue weighted by Gasteiger charge is 2.25. The number of carboxylic acids is 1. The first-order chi connectivity index (χ1) is 31.9. The van der Waals surface area contributed by atoms with Gasteiger partial charge in [0.1, 0.15) is 11.5 Å². The van der Waals surface area contributed by atoms with Gasteiger partial charge in [-0.3, -0.25) is 14.4 Å². The Kier molecular flexibility index (Phi) is 15.1. The summed E-state index contributed by atoms with van der Waals surface area (Å²) >= 11 is 0. The Hall–Kier alpha value is -7.52. The van der Waals surface area contributed by atoms with Crippen molar-refractivity contribution in [3.63, 3.8) is 0 Å². The third-order valence-electron chi connectivity index (χ3n) is 11.7. The molecule has 3 amide bonds. The summed E-state index contributed by atoms with van der Waals surface area (Å²) in [6, 6.07) is 33.7. The standard InChI is InChI=1S/C27H33N5O3.C24H25N3O4/c1-19-6-3-4-7-23(19)31-14-16-32(17-15-31)24-10-9-21(26(33)29-13-5-12-28)18-22(24)30-27(34)25-11-8-20(2)35-25;1-16-5-3-4-6-20(16)26-11-13-27(14-12-26)21-9-8-18(24(29)30)15-19(21)25-23(28)22-10-7-17(2)31-22/h3-4,6-11,18H,5,12-17,28H2,1-2H3,(H,29,33)(H,30,34);3-10,15H,11-14H2,1-2H3,(H,25,28)(H,29,30). The van der Waals surface area contributed by atoms with Crippen LogP contribution in [0.4, 0.5) is 34.1 Å². The molecule has 15 heteroatoms. The number of hydrogen-bond donors (Lipinski definition) is 5. The highest BCUT2D eigenvalue weighted by molar-refractivity contribution is 6.06. The van der Waals surface area contributed by atoms with Crippen molar-refractivity contribution in [3.8, 4) is 0 Å². The van der Waals surface area contributed by atoms with Crippen LogP contribution < -0.4 is 41.3 Å². The number of nitrogens with one attached hydrogen (secondary N) is 3. The van der Waals surface area contributed by atoms with E-state index in [9.17, 15) is 24.3 Å². The molecule has 2 aromatic heterocycles. The zero-order valence-electron chi connectivity index (χ0n) is 37.9. The molecule has 0 unspecified atom stereocenters. The molecule has 0 bridgehead atoms. The van der Waals surface area contributed by atoms with Crippen molar-refractivity contribution < 1.29 is 33.1 Å². The van der Waals surface area contributed by atoms with Crippen LogP contribution in [0.25, 0.3) is 0 Å². The van der Waals surface area contributed by atoms with E-state index in [2.05, 4.69) is 85.8 Å². The number of carbonyl (C=O) groups excluding carboxylic acids is 3. The Labute approximate surface area is 385 Å². The number of benzene rings is 4. The first-order valence-electron chi connectivity index (χ1n) is 22.2. The topological polar surface area (TPSA) is 190 Å². The summed E-state index contributed by atoms with van der Waals surface area (Å²) in [6.07, 6.45) is 0.705. The van der Waals surface area contributed by atoms with E-state index in [-0.39, 0.29) is 28.9 Å². The van der Waals surface area contributed by atoms with Gasteiger partial charge >= 0.3 is 5.97 Å². The molecule has 0 atom stereocenters. The molecule has 8 rings (SSSR count). The lowest BCUT2D eigenvalue weighted by Gasteiger charge is -2.38. The van der Waals surface area contributed by atoms with Gasteiger partial charge in [-0.1, -0.05) is 36.4 Å². The third-order valence-corrected chi connectivity index (χ3v) is 11.7. The summed E-state index contributed by atoms with van der Waals surface area (Å²) in [5, 5.41) is 18.1. The Morgan fingerprint density at radius 1 is 0.530 bits per heavy atom. The number of rotatable bonds is 13. The quantitative estimate of drug-likeness (QED) is 0.0711. The summed E-state index contributed by atoms with van der Waals surface area (Å²) in [5.74, 6) is -0.273. The van der Waals surface area contributed by atoms with Crippen LogP contribution in [0.15, 0.2) is 118 Å². The molecule has 2 fully saturated rings. The summed E-state index contributed by atoms with van der Waals surface area (Å²) in [4.78, 5) is 58.8. The van der Waals surface area contributed by atoms with Crippen molar-refractivity contribution in [1.82, 2.24) is 5.32 Å². The fourth-order valence-electron chi connectivity index (χ4n) is 8.20. The van der Waals surface area contributed by atoms with E-state index in [4.69, 9.17) is 14.6 Å².